The third-order valence-corrected chi connectivity index (χ3v) is 4.23. The van der Waals surface area contributed by atoms with Crippen molar-refractivity contribution in [3.05, 3.63) is 28.8 Å². The molecule has 2 unspecified atom stereocenters. The Morgan fingerprint density at radius 2 is 2.21 bits per heavy atom. The first-order chi connectivity index (χ1) is 9.08. The number of unbranched alkanes of at least 4 members (excludes halogenated alkanes) is 2. The smallest absolute Gasteiger partial charge is 0.125 e. The molecule has 0 radical (unpaired) electrons. The molecule has 0 bridgehead atoms. The molecular formula is C16H24ClNO. The molecule has 1 aromatic carbocycles. The maximum Gasteiger partial charge on any atom is 0.125 e. The van der Waals surface area contributed by atoms with Crippen LogP contribution < -0.4 is 10.1 Å². The summed E-state index contributed by atoms with van der Waals surface area (Å²) in [5, 5.41) is 4.17. The molecule has 2 nitrogen and oxygen atoms in total. The van der Waals surface area contributed by atoms with E-state index < -0.39 is 0 Å². The first-order valence-corrected chi connectivity index (χ1v) is 7.61. The van der Waals surface area contributed by atoms with Gasteiger partial charge in [0, 0.05) is 23.0 Å². The maximum absolute atomic E-state index is 6.25. The first kappa shape index (κ1) is 14.7. The Hall–Kier alpha value is -0.730. The van der Waals surface area contributed by atoms with Gasteiger partial charge in [-0.3, -0.25) is 0 Å². The van der Waals surface area contributed by atoms with Gasteiger partial charge >= 0.3 is 0 Å². The topological polar surface area (TPSA) is 21.3 Å². The number of hydrogen-bond donors (Lipinski definition) is 1. The van der Waals surface area contributed by atoms with Crippen LogP contribution in [0.4, 0.5) is 0 Å². The van der Waals surface area contributed by atoms with Crippen molar-refractivity contribution in [3.63, 3.8) is 0 Å². The molecule has 1 aliphatic rings. The van der Waals surface area contributed by atoms with Crippen LogP contribution >= 0.6 is 11.6 Å². The maximum atomic E-state index is 6.25. The number of rotatable bonds is 5. The number of nitrogens with one attached hydrogen (secondary N) is 1. The summed E-state index contributed by atoms with van der Waals surface area (Å²) < 4.78 is 6.25. The summed E-state index contributed by atoms with van der Waals surface area (Å²) >= 11 is 6.09. The van der Waals surface area contributed by atoms with Crippen molar-refractivity contribution in [3.8, 4) is 5.75 Å². The molecule has 0 aromatic heterocycles. The van der Waals surface area contributed by atoms with Gasteiger partial charge in [-0.15, -0.1) is 0 Å². The predicted molar refractivity (Wildman–Crippen MR) is 81.0 cm³/mol. The van der Waals surface area contributed by atoms with E-state index in [1.54, 1.807) is 0 Å². The number of ether oxygens (including phenoxy) is 1. The van der Waals surface area contributed by atoms with Crippen molar-refractivity contribution in [1.29, 1.82) is 0 Å². The highest BCUT2D eigenvalue weighted by molar-refractivity contribution is 6.30. The van der Waals surface area contributed by atoms with Crippen molar-refractivity contribution < 1.29 is 4.74 Å². The first-order valence-electron chi connectivity index (χ1n) is 7.24. The number of halogens is 1. The lowest BCUT2D eigenvalue weighted by Gasteiger charge is -2.40. The summed E-state index contributed by atoms with van der Waals surface area (Å²) in [6.45, 7) is 4.46. The van der Waals surface area contributed by atoms with E-state index in [1.165, 1.54) is 24.8 Å². The Labute approximate surface area is 121 Å². The van der Waals surface area contributed by atoms with E-state index in [9.17, 15) is 0 Å². The zero-order valence-corrected chi connectivity index (χ0v) is 12.9. The third kappa shape index (κ3) is 3.43. The fourth-order valence-corrected chi connectivity index (χ4v) is 3.07. The summed E-state index contributed by atoms with van der Waals surface area (Å²) in [6.07, 6.45) is 5.86. The Morgan fingerprint density at radius 3 is 2.89 bits per heavy atom. The van der Waals surface area contributed by atoms with E-state index >= 15 is 0 Å². The predicted octanol–water partition coefficient (Wildman–Crippen LogP) is 4.72. The van der Waals surface area contributed by atoms with Crippen LogP contribution in [0, 0.1) is 0 Å². The second-order valence-corrected chi connectivity index (χ2v) is 6.17. The van der Waals surface area contributed by atoms with Crippen LogP contribution in [-0.2, 0) is 0 Å². The summed E-state index contributed by atoms with van der Waals surface area (Å²) in [5.41, 5.74) is 1.12. The van der Waals surface area contributed by atoms with Crippen LogP contribution in [0.1, 0.15) is 57.6 Å². The van der Waals surface area contributed by atoms with Gasteiger partial charge in [0.05, 0.1) is 0 Å². The van der Waals surface area contributed by atoms with Gasteiger partial charge in [-0.2, -0.15) is 0 Å². The fraction of sp³-hybridized carbons (Fsp3) is 0.625. The molecule has 2 atom stereocenters. The highest BCUT2D eigenvalue weighted by Crippen LogP contribution is 2.42. The minimum absolute atomic E-state index is 0.0658. The van der Waals surface area contributed by atoms with Crippen LogP contribution in [0.5, 0.6) is 5.75 Å². The average molecular weight is 282 g/mol. The van der Waals surface area contributed by atoms with Crippen molar-refractivity contribution in [1.82, 2.24) is 5.32 Å². The van der Waals surface area contributed by atoms with Gasteiger partial charge in [-0.1, -0.05) is 31.4 Å². The van der Waals surface area contributed by atoms with Crippen molar-refractivity contribution in [2.24, 2.45) is 0 Å². The van der Waals surface area contributed by atoms with Gasteiger partial charge in [0.25, 0.3) is 0 Å². The third-order valence-electron chi connectivity index (χ3n) is 4.00. The van der Waals surface area contributed by atoms with E-state index in [0.29, 0.717) is 6.04 Å². The molecule has 0 spiro atoms. The monoisotopic (exact) mass is 281 g/mol. The molecule has 0 saturated carbocycles. The van der Waals surface area contributed by atoms with Crippen LogP contribution in [0.3, 0.4) is 0 Å². The zero-order valence-electron chi connectivity index (χ0n) is 12.1. The van der Waals surface area contributed by atoms with E-state index in [-0.39, 0.29) is 5.60 Å². The molecule has 1 N–H and O–H groups in total. The summed E-state index contributed by atoms with van der Waals surface area (Å²) in [7, 11) is 2.01. The van der Waals surface area contributed by atoms with Gasteiger partial charge in [-0.05, 0) is 45.0 Å². The minimum atomic E-state index is -0.0658. The highest BCUT2D eigenvalue weighted by atomic mass is 35.5. The average Bonchev–Trinajstić information content (AvgIpc) is 2.39. The zero-order chi connectivity index (χ0) is 13.9. The molecule has 0 saturated heterocycles. The molecule has 0 amide bonds. The van der Waals surface area contributed by atoms with Gasteiger partial charge in [0.15, 0.2) is 0 Å². The molecule has 2 rings (SSSR count). The van der Waals surface area contributed by atoms with Crippen molar-refractivity contribution in [2.45, 2.75) is 57.6 Å². The lowest BCUT2D eigenvalue weighted by molar-refractivity contribution is 0.0385. The Kier molecular flexibility index (Phi) is 4.75. The highest BCUT2D eigenvalue weighted by Gasteiger charge is 2.36. The van der Waals surface area contributed by atoms with Crippen LogP contribution in [0.2, 0.25) is 5.02 Å². The van der Waals surface area contributed by atoms with Crippen molar-refractivity contribution >= 4 is 11.6 Å². The van der Waals surface area contributed by atoms with Gasteiger partial charge in [0.1, 0.15) is 11.4 Å². The quantitative estimate of drug-likeness (QED) is 0.789. The van der Waals surface area contributed by atoms with E-state index in [2.05, 4.69) is 19.2 Å². The summed E-state index contributed by atoms with van der Waals surface area (Å²) in [5.74, 6) is 0.981. The van der Waals surface area contributed by atoms with Gasteiger partial charge < -0.3 is 10.1 Å². The van der Waals surface area contributed by atoms with Crippen LogP contribution in [-0.4, -0.2) is 12.6 Å². The SMILES string of the molecule is CCCCCC1(C)CC(NC)c2cc(Cl)ccc2O1. The fourth-order valence-electron chi connectivity index (χ4n) is 2.89. The van der Waals surface area contributed by atoms with E-state index in [1.807, 2.05) is 25.2 Å². The summed E-state index contributed by atoms with van der Waals surface area (Å²) in [6, 6.07) is 6.25. The second-order valence-electron chi connectivity index (χ2n) is 5.74. The normalized spacial score (nSPS) is 25.8. The van der Waals surface area contributed by atoms with Gasteiger partial charge in [0.2, 0.25) is 0 Å². The summed E-state index contributed by atoms with van der Waals surface area (Å²) in [4.78, 5) is 0. The van der Waals surface area contributed by atoms with E-state index in [0.717, 1.165) is 23.6 Å². The molecule has 1 heterocycles. The van der Waals surface area contributed by atoms with Crippen LogP contribution in [0.15, 0.2) is 18.2 Å². The van der Waals surface area contributed by atoms with Gasteiger partial charge in [-0.25, -0.2) is 0 Å². The standard InChI is InChI=1S/C16H24ClNO/c1-4-5-6-9-16(2)11-14(18-3)13-10-12(17)7-8-15(13)19-16/h7-8,10,14,18H,4-6,9,11H2,1-3H3. The van der Waals surface area contributed by atoms with Crippen LogP contribution in [0.25, 0.3) is 0 Å². The minimum Gasteiger partial charge on any atom is -0.487 e. The Balaban J connectivity index is 2.18. The lowest BCUT2D eigenvalue weighted by Crippen LogP contribution is -2.41. The number of hydrogen-bond acceptors (Lipinski definition) is 2. The lowest BCUT2D eigenvalue weighted by atomic mass is 9.85. The molecule has 0 aliphatic carbocycles. The molecule has 19 heavy (non-hydrogen) atoms. The molecule has 1 aromatic rings. The molecular weight excluding hydrogens is 258 g/mol. The van der Waals surface area contributed by atoms with E-state index in [4.69, 9.17) is 16.3 Å². The molecule has 3 heteroatoms. The Bertz CT molecular complexity index is 435. The van der Waals surface area contributed by atoms with Crippen molar-refractivity contribution in [2.75, 3.05) is 7.05 Å². The Morgan fingerprint density at radius 1 is 1.42 bits per heavy atom. The number of benzene rings is 1. The second kappa shape index (κ2) is 6.15. The molecule has 0 fully saturated rings. The molecule has 106 valence electrons. The largest absolute Gasteiger partial charge is 0.487 e. The molecule has 1 aliphatic heterocycles. The number of fused-ring (bicyclic) bond motifs is 1.